The highest BCUT2D eigenvalue weighted by Gasteiger charge is 2.27. The maximum atomic E-state index is 12.8. The van der Waals surface area contributed by atoms with E-state index in [1.165, 1.54) is 10.6 Å². The Bertz CT molecular complexity index is 1130. The summed E-state index contributed by atoms with van der Waals surface area (Å²) in [7, 11) is 0. The molecule has 8 nitrogen and oxygen atoms in total. The Balaban J connectivity index is 1.36. The molecule has 156 valence electrons. The van der Waals surface area contributed by atoms with Gasteiger partial charge in [-0.05, 0) is 32.3 Å². The Hall–Kier alpha value is -3.42. The number of amides is 2. The fourth-order valence-corrected chi connectivity index (χ4v) is 3.83. The number of nitrogens with one attached hydrogen (secondary N) is 2. The largest absolute Gasteiger partial charge is 0.353 e. The SMILES string of the molecule is Cc1cn2nc(C(=O)N3CCC(NC(=O)[C@@H](C)c4ccccc4)CC3)cc2c(=O)[nH]1. The molecule has 1 fully saturated rings. The summed E-state index contributed by atoms with van der Waals surface area (Å²) in [5.74, 6) is -0.413. The molecule has 3 aromatic rings. The zero-order valence-corrected chi connectivity index (χ0v) is 17.1. The Labute approximate surface area is 173 Å². The average molecular weight is 407 g/mol. The van der Waals surface area contributed by atoms with Gasteiger partial charge in [-0.15, -0.1) is 0 Å². The number of benzene rings is 1. The minimum atomic E-state index is -0.268. The molecule has 1 saturated heterocycles. The molecule has 8 heteroatoms. The smallest absolute Gasteiger partial charge is 0.274 e. The Kier molecular flexibility index (Phi) is 5.39. The molecule has 1 atom stereocenters. The summed E-state index contributed by atoms with van der Waals surface area (Å²) in [5.41, 5.74) is 2.00. The number of H-pyrrole nitrogens is 1. The Morgan fingerprint density at radius 3 is 2.60 bits per heavy atom. The normalized spacial score (nSPS) is 15.9. The van der Waals surface area contributed by atoms with Crippen LogP contribution in [0.4, 0.5) is 0 Å². The summed E-state index contributed by atoms with van der Waals surface area (Å²) in [6.07, 6.45) is 3.06. The Morgan fingerprint density at radius 1 is 1.20 bits per heavy atom. The highest BCUT2D eigenvalue weighted by atomic mass is 16.2. The number of aryl methyl sites for hydroxylation is 1. The van der Waals surface area contributed by atoms with E-state index >= 15 is 0 Å². The Morgan fingerprint density at radius 2 is 1.90 bits per heavy atom. The van der Waals surface area contributed by atoms with Gasteiger partial charge in [0.05, 0.1) is 5.92 Å². The molecule has 1 aliphatic heterocycles. The van der Waals surface area contributed by atoms with Crippen molar-refractivity contribution in [2.45, 2.75) is 38.6 Å². The summed E-state index contributed by atoms with van der Waals surface area (Å²) in [6.45, 7) is 4.73. The lowest BCUT2D eigenvalue weighted by molar-refractivity contribution is -0.123. The summed E-state index contributed by atoms with van der Waals surface area (Å²) >= 11 is 0. The van der Waals surface area contributed by atoms with Gasteiger partial charge in [-0.25, -0.2) is 4.52 Å². The lowest BCUT2D eigenvalue weighted by Crippen LogP contribution is -2.47. The van der Waals surface area contributed by atoms with Crippen molar-refractivity contribution >= 4 is 17.3 Å². The van der Waals surface area contributed by atoms with Crippen LogP contribution in [-0.2, 0) is 4.79 Å². The number of fused-ring (bicyclic) bond motifs is 1. The van der Waals surface area contributed by atoms with Gasteiger partial charge in [0, 0.05) is 37.1 Å². The number of likely N-dealkylation sites (tertiary alicyclic amines) is 1. The van der Waals surface area contributed by atoms with Crippen molar-refractivity contribution < 1.29 is 9.59 Å². The standard InChI is InChI=1S/C22H25N5O3/c1-14-13-27-19(21(29)23-14)12-18(25-27)22(30)26-10-8-17(9-11-26)24-20(28)15(2)16-6-4-3-5-7-16/h3-7,12-13,15,17H,8-11H2,1-2H3,(H,23,29)(H,24,28)/t15-/m0/s1. The van der Waals surface area contributed by atoms with E-state index in [9.17, 15) is 14.4 Å². The lowest BCUT2D eigenvalue weighted by Gasteiger charge is -2.32. The van der Waals surface area contributed by atoms with Crippen LogP contribution in [0.1, 0.15) is 47.4 Å². The third-order valence-electron chi connectivity index (χ3n) is 5.64. The van der Waals surface area contributed by atoms with Crippen molar-refractivity contribution in [1.29, 1.82) is 0 Å². The number of hydrogen-bond donors (Lipinski definition) is 2. The van der Waals surface area contributed by atoms with Crippen LogP contribution in [0, 0.1) is 6.92 Å². The molecule has 3 heterocycles. The van der Waals surface area contributed by atoms with Crippen LogP contribution in [0.3, 0.4) is 0 Å². The van der Waals surface area contributed by atoms with Crippen LogP contribution < -0.4 is 10.9 Å². The van der Waals surface area contributed by atoms with Crippen LogP contribution >= 0.6 is 0 Å². The third kappa shape index (κ3) is 3.98. The number of aromatic amines is 1. The summed E-state index contributed by atoms with van der Waals surface area (Å²) in [5, 5.41) is 7.38. The van der Waals surface area contributed by atoms with Crippen molar-refractivity contribution in [3.63, 3.8) is 0 Å². The highest BCUT2D eigenvalue weighted by molar-refractivity contribution is 5.93. The number of carbonyl (C=O) groups excluding carboxylic acids is 2. The monoisotopic (exact) mass is 407 g/mol. The minimum absolute atomic E-state index is 0.000854. The molecule has 4 rings (SSSR count). The lowest BCUT2D eigenvalue weighted by atomic mass is 9.98. The quantitative estimate of drug-likeness (QED) is 0.689. The highest BCUT2D eigenvalue weighted by Crippen LogP contribution is 2.18. The molecule has 0 radical (unpaired) electrons. The van der Waals surface area contributed by atoms with Gasteiger partial charge in [-0.3, -0.25) is 14.4 Å². The van der Waals surface area contributed by atoms with Gasteiger partial charge in [0.1, 0.15) is 5.52 Å². The molecular weight excluding hydrogens is 382 g/mol. The molecule has 1 aliphatic rings. The number of aromatic nitrogens is 3. The first-order valence-corrected chi connectivity index (χ1v) is 10.2. The molecule has 30 heavy (non-hydrogen) atoms. The fourth-order valence-electron chi connectivity index (χ4n) is 3.83. The van der Waals surface area contributed by atoms with Crippen LogP contribution in [0.25, 0.3) is 5.52 Å². The molecule has 0 aliphatic carbocycles. The van der Waals surface area contributed by atoms with Crippen LogP contribution in [-0.4, -0.2) is 50.4 Å². The predicted octanol–water partition coefficient (Wildman–Crippen LogP) is 1.86. The number of hydrogen-bond acceptors (Lipinski definition) is 4. The van der Waals surface area contributed by atoms with Crippen LogP contribution in [0.15, 0.2) is 47.4 Å². The second kappa shape index (κ2) is 8.14. The molecule has 2 aromatic heterocycles. The zero-order valence-electron chi connectivity index (χ0n) is 17.1. The van der Waals surface area contributed by atoms with E-state index in [0.717, 1.165) is 5.56 Å². The number of carbonyl (C=O) groups is 2. The molecule has 1 aromatic carbocycles. The number of rotatable bonds is 4. The van der Waals surface area contributed by atoms with Crippen molar-refractivity contribution in [2.24, 2.45) is 0 Å². The zero-order chi connectivity index (χ0) is 21.3. The van der Waals surface area contributed by atoms with Gasteiger partial charge < -0.3 is 15.2 Å². The molecule has 0 bridgehead atoms. The molecule has 0 saturated carbocycles. The topological polar surface area (TPSA) is 99.6 Å². The first kappa shape index (κ1) is 19.9. The fraction of sp³-hybridized carbons (Fsp3) is 0.364. The average Bonchev–Trinajstić information content (AvgIpc) is 3.18. The molecule has 0 unspecified atom stereocenters. The van der Waals surface area contributed by atoms with Crippen molar-refractivity contribution in [1.82, 2.24) is 24.8 Å². The van der Waals surface area contributed by atoms with Crippen LogP contribution in [0.5, 0.6) is 0 Å². The molecule has 2 amide bonds. The van der Waals surface area contributed by atoms with E-state index in [4.69, 9.17) is 0 Å². The molecule has 2 N–H and O–H groups in total. The van der Waals surface area contributed by atoms with Gasteiger partial charge in [0.2, 0.25) is 5.91 Å². The summed E-state index contributed by atoms with van der Waals surface area (Å²) in [4.78, 5) is 41.9. The molecular formula is C22H25N5O3. The van der Waals surface area contributed by atoms with E-state index in [0.29, 0.717) is 37.1 Å². The van der Waals surface area contributed by atoms with Crippen molar-refractivity contribution in [3.8, 4) is 0 Å². The van der Waals surface area contributed by atoms with Crippen LogP contribution in [0.2, 0.25) is 0 Å². The van der Waals surface area contributed by atoms with Gasteiger partial charge >= 0.3 is 0 Å². The second-order valence-electron chi connectivity index (χ2n) is 7.83. The maximum Gasteiger partial charge on any atom is 0.274 e. The number of piperidine rings is 1. The van der Waals surface area contributed by atoms with E-state index < -0.39 is 0 Å². The van der Waals surface area contributed by atoms with E-state index in [-0.39, 0.29) is 35.0 Å². The summed E-state index contributed by atoms with van der Waals surface area (Å²) in [6, 6.07) is 11.3. The van der Waals surface area contributed by atoms with Gasteiger partial charge in [0.25, 0.3) is 11.5 Å². The van der Waals surface area contributed by atoms with E-state index in [1.807, 2.05) is 37.3 Å². The first-order valence-electron chi connectivity index (χ1n) is 10.2. The first-order chi connectivity index (χ1) is 14.4. The number of nitrogens with zero attached hydrogens (tertiary/aromatic N) is 3. The third-order valence-corrected chi connectivity index (χ3v) is 5.64. The van der Waals surface area contributed by atoms with E-state index in [1.54, 1.807) is 18.0 Å². The van der Waals surface area contributed by atoms with Crippen molar-refractivity contribution in [3.05, 3.63) is 69.9 Å². The van der Waals surface area contributed by atoms with Gasteiger partial charge in [0.15, 0.2) is 5.69 Å². The van der Waals surface area contributed by atoms with Gasteiger partial charge in [-0.1, -0.05) is 30.3 Å². The predicted molar refractivity (Wildman–Crippen MR) is 112 cm³/mol. The van der Waals surface area contributed by atoms with Gasteiger partial charge in [-0.2, -0.15) is 5.10 Å². The van der Waals surface area contributed by atoms with Crippen molar-refractivity contribution in [2.75, 3.05) is 13.1 Å². The molecule has 0 spiro atoms. The maximum absolute atomic E-state index is 12.8. The van der Waals surface area contributed by atoms with E-state index in [2.05, 4.69) is 15.4 Å². The summed E-state index contributed by atoms with van der Waals surface area (Å²) < 4.78 is 1.44. The second-order valence-corrected chi connectivity index (χ2v) is 7.83. The minimum Gasteiger partial charge on any atom is -0.353 e.